The Bertz CT molecular complexity index is 588. The van der Waals surface area contributed by atoms with Crippen molar-refractivity contribution < 1.29 is 23.7 Å². The summed E-state index contributed by atoms with van der Waals surface area (Å²) in [6.07, 6.45) is 5.32. The molecule has 21 heavy (non-hydrogen) atoms. The van der Waals surface area contributed by atoms with Gasteiger partial charge in [-0.3, -0.25) is 0 Å². The number of methoxy groups -OCH3 is 1. The lowest BCUT2D eigenvalue weighted by Gasteiger charge is -2.19. The Morgan fingerprint density at radius 3 is 2.90 bits per heavy atom. The third-order valence-electron chi connectivity index (χ3n) is 3.11. The summed E-state index contributed by atoms with van der Waals surface area (Å²) >= 11 is 0. The maximum Gasteiger partial charge on any atom is 0.334 e. The van der Waals surface area contributed by atoms with Gasteiger partial charge in [0.15, 0.2) is 11.5 Å². The van der Waals surface area contributed by atoms with Crippen molar-refractivity contribution in [3.8, 4) is 11.5 Å². The molecule has 3 rings (SSSR count). The van der Waals surface area contributed by atoms with E-state index in [4.69, 9.17) is 18.9 Å². The van der Waals surface area contributed by atoms with Crippen LogP contribution in [0.3, 0.4) is 0 Å². The summed E-state index contributed by atoms with van der Waals surface area (Å²) in [6, 6.07) is 5.66. The minimum Gasteiger partial charge on any atom is -0.501 e. The predicted octanol–water partition coefficient (Wildman–Crippen LogP) is 2.91. The second-order valence-electron chi connectivity index (χ2n) is 4.47. The topological polar surface area (TPSA) is 54.0 Å². The first kappa shape index (κ1) is 15.0. The van der Waals surface area contributed by atoms with Crippen LogP contribution < -0.4 is 9.47 Å². The van der Waals surface area contributed by atoms with E-state index in [1.165, 1.54) is 6.08 Å². The van der Waals surface area contributed by atoms with Crippen LogP contribution in [0.1, 0.15) is 19.4 Å². The molecular weight excluding hydrogens is 272 g/mol. The first-order valence-electron chi connectivity index (χ1n) is 6.27. The number of hydrogen-bond acceptors (Lipinski definition) is 5. The minimum absolute atomic E-state index is 0. The smallest absolute Gasteiger partial charge is 0.334 e. The molecule has 2 aliphatic rings. The number of hydrogen-bond donors (Lipinski definition) is 0. The van der Waals surface area contributed by atoms with E-state index in [0.717, 1.165) is 17.1 Å². The first-order valence-corrected chi connectivity index (χ1v) is 6.27. The highest BCUT2D eigenvalue weighted by Crippen LogP contribution is 2.33. The van der Waals surface area contributed by atoms with Crippen molar-refractivity contribution in [1.29, 1.82) is 0 Å². The van der Waals surface area contributed by atoms with Gasteiger partial charge in [-0.15, -0.1) is 0 Å². The van der Waals surface area contributed by atoms with E-state index >= 15 is 0 Å². The fourth-order valence-corrected chi connectivity index (χ4v) is 2.10. The van der Waals surface area contributed by atoms with Crippen molar-refractivity contribution in [1.82, 2.24) is 0 Å². The van der Waals surface area contributed by atoms with Crippen LogP contribution in [0.15, 0.2) is 36.1 Å². The van der Waals surface area contributed by atoms with E-state index in [0.29, 0.717) is 12.2 Å². The second kappa shape index (κ2) is 6.35. The summed E-state index contributed by atoms with van der Waals surface area (Å²) < 4.78 is 20.9. The molecule has 0 saturated heterocycles. The standard InChI is InChI=1S/C15H14O5.CH4/c1-17-12-7-11(20-15(16)8-12)4-2-10-3-5-13-14(6-10)19-9-18-13;/h2-6,8,11H,7,9H2,1H3;1H4/b4-2+;/t11-;/m0./s1. The molecule has 2 heterocycles. The van der Waals surface area contributed by atoms with Gasteiger partial charge in [0.25, 0.3) is 0 Å². The molecule has 0 radical (unpaired) electrons. The fraction of sp³-hybridized carbons (Fsp3) is 0.312. The van der Waals surface area contributed by atoms with Gasteiger partial charge in [0.1, 0.15) is 11.9 Å². The zero-order valence-corrected chi connectivity index (χ0v) is 11.0. The van der Waals surface area contributed by atoms with Crippen LogP contribution in [0.2, 0.25) is 0 Å². The van der Waals surface area contributed by atoms with Crippen molar-refractivity contribution in [2.75, 3.05) is 13.9 Å². The van der Waals surface area contributed by atoms with Crippen LogP contribution in [0.4, 0.5) is 0 Å². The molecule has 0 spiro atoms. The van der Waals surface area contributed by atoms with Crippen molar-refractivity contribution in [3.05, 3.63) is 41.7 Å². The van der Waals surface area contributed by atoms with Crippen LogP contribution in [-0.2, 0) is 14.3 Å². The van der Waals surface area contributed by atoms with Gasteiger partial charge in [-0.25, -0.2) is 4.79 Å². The normalized spacial score (nSPS) is 19.8. The molecule has 0 aliphatic carbocycles. The zero-order chi connectivity index (χ0) is 13.9. The second-order valence-corrected chi connectivity index (χ2v) is 4.47. The largest absolute Gasteiger partial charge is 0.501 e. The molecule has 0 bridgehead atoms. The third kappa shape index (κ3) is 3.37. The lowest BCUT2D eigenvalue weighted by Crippen LogP contribution is -2.21. The van der Waals surface area contributed by atoms with Gasteiger partial charge >= 0.3 is 5.97 Å². The highest BCUT2D eigenvalue weighted by molar-refractivity contribution is 5.83. The molecule has 1 atom stereocenters. The molecule has 0 amide bonds. The monoisotopic (exact) mass is 290 g/mol. The fourth-order valence-electron chi connectivity index (χ4n) is 2.10. The van der Waals surface area contributed by atoms with Crippen LogP contribution in [0.5, 0.6) is 11.5 Å². The van der Waals surface area contributed by atoms with E-state index in [9.17, 15) is 4.79 Å². The SMILES string of the molecule is C.COC1=CC(=O)O[C@@H](/C=C/c2ccc3c(c2)OCO3)C1. The highest BCUT2D eigenvalue weighted by Gasteiger charge is 2.20. The number of rotatable bonds is 3. The number of carbonyl (C=O) groups excluding carboxylic acids is 1. The van der Waals surface area contributed by atoms with Gasteiger partial charge < -0.3 is 18.9 Å². The molecule has 0 aromatic heterocycles. The van der Waals surface area contributed by atoms with Crippen LogP contribution >= 0.6 is 0 Å². The lowest BCUT2D eigenvalue weighted by molar-refractivity contribution is -0.142. The molecular formula is C16H18O5. The Morgan fingerprint density at radius 1 is 1.29 bits per heavy atom. The Kier molecular flexibility index (Phi) is 4.52. The number of esters is 1. The van der Waals surface area contributed by atoms with E-state index < -0.39 is 0 Å². The van der Waals surface area contributed by atoms with Crippen molar-refractivity contribution in [2.45, 2.75) is 20.0 Å². The molecule has 2 aliphatic heterocycles. The Labute approximate surface area is 123 Å². The van der Waals surface area contributed by atoms with Crippen LogP contribution in [0.25, 0.3) is 6.08 Å². The Balaban J connectivity index is 0.00000161. The Hall–Kier alpha value is -2.43. The molecule has 5 heteroatoms. The zero-order valence-electron chi connectivity index (χ0n) is 11.0. The third-order valence-corrected chi connectivity index (χ3v) is 3.11. The maximum absolute atomic E-state index is 11.4. The molecule has 0 unspecified atom stereocenters. The molecule has 1 aromatic carbocycles. The van der Waals surface area contributed by atoms with E-state index in [1.807, 2.05) is 30.4 Å². The number of carbonyl (C=O) groups is 1. The molecule has 1 aromatic rings. The van der Waals surface area contributed by atoms with Crippen molar-refractivity contribution in [2.24, 2.45) is 0 Å². The van der Waals surface area contributed by atoms with Crippen LogP contribution in [-0.4, -0.2) is 26.0 Å². The summed E-state index contributed by atoms with van der Waals surface area (Å²) in [5, 5.41) is 0. The summed E-state index contributed by atoms with van der Waals surface area (Å²) in [5.41, 5.74) is 0.957. The number of cyclic esters (lactones) is 1. The maximum atomic E-state index is 11.4. The van der Waals surface area contributed by atoms with E-state index in [-0.39, 0.29) is 26.3 Å². The van der Waals surface area contributed by atoms with Gasteiger partial charge in [-0.05, 0) is 23.8 Å². The quantitative estimate of drug-likeness (QED) is 0.801. The average molecular weight is 290 g/mol. The average Bonchev–Trinajstić information content (AvgIpc) is 2.92. The Morgan fingerprint density at radius 2 is 2.10 bits per heavy atom. The van der Waals surface area contributed by atoms with E-state index in [2.05, 4.69) is 0 Å². The number of ether oxygens (including phenoxy) is 4. The molecule has 112 valence electrons. The van der Waals surface area contributed by atoms with Gasteiger partial charge in [0.05, 0.1) is 13.2 Å². The van der Waals surface area contributed by atoms with Crippen molar-refractivity contribution in [3.63, 3.8) is 0 Å². The van der Waals surface area contributed by atoms with Gasteiger partial charge in [-0.1, -0.05) is 19.6 Å². The summed E-state index contributed by atoms with van der Waals surface area (Å²) in [6.45, 7) is 0.255. The van der Waals surface area contributed by atoms with Gasteiger partial charge in [-0.2, -0.15) is 0 Å². The van der Waals surface area contributed by atoms with Crippen LogP contribution in [0, 0.1) is 0 Å². The minimum atomic E-state index is -0.381. The van der Waals surface area contributed by atoms with Gasteiger partial charge in [0.2, 0.25) is 6.79 Å². The number of benzene rings is 1. The molecule has 0 N–H and O–H groups in total. The number of fused-ring (bicyclic) bond motifs is 1. The molecule has 0 fully saturated rings. The summed E-state index contributed by atoms with van der Waals surface area (Å²) in [5.74, 6) is 1.72. The lowest BCUT2D eigenvalue weighted by atomic mass is 10.1. The summed E-state index contributed by atoms with van der Waals surface area (Å²) in [4.78, 5) is 11.4. The van der Waals surface area contributed by atoms with Gasteiger partial charge in [0, 0.05) is 6.42 Å². The van der Waals surface area contributed by atoms with E-state index in [1.54, 1.807) is 7.11 Å². The summed E-state index contributed by atoms with van der Waals surface area (Å²) in [7, 11) is 1.54. The molecule has 0 saturated carbocycles. The first-order chi connectivity index (χ1) is 9.74. The van der Waals surface area contributed by atoms with Crippen molar-refractivity contribution >= 4 is 12.0 Å². The highest BCUT2D eigenvalue weighted by atomic mass is 16.7. The predicted molar refractivity (Wildman–Crippen MR) is 77.9 cm³/mol. The molecule has 5 nitrogen and oxygen atoms in total.